The second-order valence-electron chi connectivity index (χ2n) is 5.95. The maximum atomic E-state index is 12.5. The number of benzene rings is 1. The number of esters is 1. The van der Waals surface area contributed by atoms with Crippen molar-refractivity contribution in [3.05, 3.63) is 67.9 Å². The van der Waals surface area contributed by atoms with E-state index >= 15 is 0 Å². The Labute approximate surface area is 185 Å². The maximum Gasteiger partial charge on any atom is 0.348 e. The fourth-order valence-electron chi connectivity index (χ4n) is 2.51. The summed E-state index contributed by atoms with van der Waals surface area (Å²) in [5, 5.41) is 13.0. The molecule has 0 atom stereocenters. The average Bonchev–Trinajstić information content (AvgIpc) is 3.31. The zero-order valence-corrected chi connectivity index (χ0v) is 18.1. The number of amides is 1. The van der Waals surface area contributed by atoms with Crippen molar-refractivity contribution >= 4 is 51.4 Å². The number of carbonyl (C=O) groups is 2. The molecule has 0 aliphatic rings. The van der Waals surface area contributed by atoms with E-state index in [1.54, 1.807) is 31.2 Å². The monoisotopic (exact) mass is 464 g/mol. The first kappa shape index (κ1) is 21.7. The number of hydrogen-bond donors (Lipinski definition) is 1. The van der Waals surface area contributed by atoms with Gasteiger partial charge in [-0.1, -0.05) is 23.2 Å². The number of nitrogens with zero attached hydrogens (tertiary/aromatic N) is 1. The molecule has 0 spiro atoms. The Morgan fingerprint density at radius 2 is 2.03 bits per heavy atom. The second kappa shape index (κ2) is 9.22. The molecule has 2 heterocycles. The molecule has 2 aromatic heterocycles. The Hall–Kier alpha value is -2.99. The molecule has 1 N–H and O–H groups in total. The first-order valence-corrected chi connectivity index (χ1v) is 10.0. The number of hydrogen-bond acceptors (Lipinski definition) is 7. The number of carbonyl (C=O) groups excluding carboxylic acids is 2. The minimum absolute atomic E-state index is 0.0189. The molecule has 3 aromatic rings. The zero-order chi connectivity index (χ0) is 21.8. The van der Waals surface area contributed by atoms with Crippen LogP contribution in [-0.2, 0) is 11.3 Å². The molecule has 10 heteroatoms. The molecule has 0 aliphatic carbocycles. The predicted molar refractivity (Wildman–Crippen MR) is 113 cm³/mol. The van der Waals surface area contributed by atoms with E-state index < -0.39 is 11.9 Å². The van der Waals surface area contributed by atoms with E-state index in [0.29, 0.717) is 27.1 Å². The van der Waals surface area contributed by atoms with Crippen LogP contribution in [0.3, 0.4) is 0 Å². The molecule has 30 heavy (non-hydrogen) atoms. The van der Waals surface area contributed by atoms with Gasteiger partial charge < -0.3 is 19.2 Å². The van der Waals surface area contributed by atoms with E-state index in [-0.39, 0.29) is 27.8 Å². The molecule has 0 radical (unpaired) electrons. The molecule has 3 rings (SSSR count). The van der Waals surface area contributed by atoms with Gasteiger partial charge in [0.2, 0.25) is 0 Å². The summed E-state index contributed by atoms with van der Waals surface area (Å²) >= 11 is 12.9. The summed E-state index contributed by atoms with van der Waals surface area (Å²) in [6.07, 6.45) is 0. The van der Waals surface area contributed by atoms with E-state index in [1.165, 1.54) is 13.2 Å². The second-order valence-corrected chi connectivity index (χ2v) is 7.81. The van der Waals surface area contributed by atoms with E-state index in [2.05, 4.69) is 5.32 Å². The number of anilines is 1. The van der Waals surface area contributed by atoms with Gasteiger partial charge in [0, 0.05) is 5.02 Å². The van der Waals surface area contributed by atoms with E-state index in [1.807, 2.05) is 6.07 Å². The van der Waals surface area contributed by atoms with Crippen molar-refractivity contribution in [3.63, 3.8) is 0 Å². The van der Waals surface area contributed by atoms with Crippen molar-refractivity contribution in [1.82, 2.24) is 0 Å². The molecule has 1 amide bonds. The van der Waals surface area contributed by atoms with Crippen LogP contribution in [0.5, 0.6) is 5.75 Å². The van der Waals surface area contributed by atoms with Crippen LogP contribution in [0.1, 0.15) is 37.1 Å². The Balaban J connectivity index is 1.71. The van der Waals surface area contributed by atoms with Gasteiger partial charge in [0.1, 0.15) is 34.1 Å². The fraction of sp³-hybridized carbons (Fsp3) is 0.150. The van der Waals surface area contributed by atoms with Crippen molar-refractivity contribution in [2.45, 2.75) is 13.5 Å². The van der Waals surface area contributed by atoms with Crippen LogP contribution in [0.15, 0.2) is 34.7 Å². The first-order valence-electron chi connectivity index (χ1n) is 8.43. The Morgan fingerprint density at radius 1 is 1.27 bits per heavy atom. The molecule has 0 unspecified atom stereocenters. The molecule has 0 saturated carbocycles. The number of nitrogens with one attached hydrogen (secondary N) is 1. The summed E-state index contributed by atoms with van der Waals surface area (Å²) in [5.74, 6) is -0.311. The Bertz CT molecular complexity index is 1160. The smallest absolute Gasteiger partial charge is 0.348 e. The highest BCUT2D eigenvalue weighted by molar-refractivity contribution is 7.18. The third-order valence-corrected chi connectivity index (χ3v) is 5.72. The standard InChI is InChI=1S/C20H14Cl2N2O5S/c1-10-13(8-23)19(30-17(10)20(26)27-2)24-18(25)16-6-4-12(29-16)9-28-15-5-3-11(21)7-14(15)22/h3-7H,9H2,1-2H3,(H,24,25). The predicted octanol–water partition coefficient (Wildman–Crippen LogP) is 5.45. The lowest BCUT2D eigenvalue weighted by Crippen LogP contribution is -2.10. The number of halogens is 2. The van der Waals surface area contributed by atoms with Gasteiger partial charge in [-0.2, -0.15) is 5.26 Å². The normalized spacial score (nSPS) is 10.4. The van der Waals surface area contributed by atoms with Gasteiger partial charge in [0.05, 0.1) is 17.7 Å². The zero-order valence-electron chi connectivity index (χ0n) is 15.7. The Kier molecular flexibility index (Phi) is 6.67. The highest BCUT2D eigenvalue weighted by atomic mass is 35.5. The van der Waals surface area contributed by atoms with Gasteiger partial charge in [-0.3, -0.25) is 4.79 Å². The van der Waals surface area contributed by atoms with Crippen LogP contribution >= 0.6 is 34.5 Å². The molecule has 0 bridgehead atoms. The number of methoxy groups -OCH3 is 1. The van der Waals surface area contributed by atoms with Crippen molar-refractivity contribution in [3.8, 4) is 11.8 Å². The van der Waals surface area contributed by atoms with E-state index in [4.69, 9.17) is 37.1 Å². The summed E-state index contributed by atoms with van der Waals surface area (Å²) in [4.78, 5) is 24.6. The van der Waals surface area contributed by atoms with Crippen LogP contribution in [-0.4, -0.2) is 19.0 Å². The van der Waals surface area contributed by atoms with E-state index in [0.717, 1.165) is 11.3 Å². The van der Waals surface area contributed by atoms with E-state index in [9.17, 15) is 14.9 Å². The molecule has 0 fully saturated rings. The summed E-state index contributed by atoms with van der Waals surface area (Å²) in [5.41, 5.74) is 0.638. The van der Waals surface area contributed by atoms with Crippen LogP contribution in [0.2, 0.25) is 10.0 Å². The number of furan rings is 1. The fourth-order valence-corrected chi connectivity index (χ4v) is 4.04. The number of thiophene rings is 1. The summed E-state index contributed by atoms with van der Waals surface area (Å²) < 4.78 is 15.8. The lowest BCUT2D eigenvalue weighted by Gasteiger charge is -2.06. The topological polar surface area (TPSA) is 102 Å². The minimum Gasteiger partial charge on any atom is -0.484 e. The summed E-state index contributed by atoms with van der Waals surface area (Å²) in [6, 6.07) is 9.87. The summed E-state index contributed by atoms with van der Waals surface area (Å²) in [6.45, 7) is 1.66. The van der Waals surface area contributed by atoms with Gasteiger partial charge in [0.25, 0.3) is 5.91 Å². The highest BCUT2D eigenvalue weighted by Crippen LogP contribution is 2.33. The van der Waals surface area contributed by atoms with Gasteiger partial charge in [-0.15, -0.1) is 11.3 Å². The summed E-state index contributed by atoms with van der Waals surface area (Å²) in [7, 11) is 1.25. The molecule has 7 nitrogen and oxygen atoms in total. The van der Waals surface area contributed by atoms with Gasteiger partial charge in [-0.05, 0) is 42.8 Å². The Morgan fingerprint density at radius 3 is 2.70 bits per heavy atom. The van der Waals surface area contributed by atoms with Crippen molar-refractivity contribution in [1.29, 1.82) is 5.26 Å². The van der Waals surface area contributed by atoms with Crippen LogP contribution in [0.25, 0.3) is 0 Å². The molecule has 0 aliphatic heterocycles. The number of nitriles is 1. The average molecular weight is 465 g/mol. The van der Waals surface area contributed by atoms with Gasteiger partial charge in [0.15, 0.2) is 5.76 Å². The third-order valence-electron chi connectivity index (χ3n) is 4.01. The SMILES string of the molecule is COC(=O)c1sc(NC(=O)c2ccc(COc3ccc(Cl)cc3Cl)o2)c(C#N)c1C. The first-order chi connectivity index (χ1) is 14.3. The van der Waals surface area contributed by atoms with Gasteiger partial charge in [-0.25, -0.2) is 4.79 Å². The molecule has 0 saturated heterocycles. The third kappa shape index (κ3) is 4.60. The molecular formula is C20H14Cl2N2O5S. The molecule has 154 valence electrons. The van der Waals surface area contributed by atoms with Crippen molar-refractivity contribution in [2.24, 2.45) is 0 Å². The van der Waals surface area contributed by atoms with Crippen molar-refractivity contribution in [2.75, 3.05) is 12.4 Å². The lowest BCUT2D eigenvalue weighted by atomic mass is 10.2. The van der Waals surface area contributed by atoms with Gasteiger partial charge >= 0.3 is 5.97 Å². The van der Waals surface area contributed by atoms with Crippen LogP contribution in [0, 0.1) is 18.3 Å². The number of ether oxygens (including phenoxy) is 2. The van der Waals surface area contributed by atoms with Crippen LogP contribution in [0.4, 0.5) is 5.00 Å². The quantitative estimate of drug-likeness (QED) is 0.486. The lowest BCUT2D eigenvalue weighted by molar-refractivity contribution is 0.0605. The number of rotatable bonds is 6. The van der Waals surface area contributed by atoms with Crippen LogP contribution < -0.4 is 10.1 Å². The minimum atomic E-state index is -0.576. The van der Waals surface area contributed by atoms with Crippen molar-refractivity contribution < 1.29 is 23.5 Å². The highest BCUT2D eigenvalue weighted by Gasteiger charge is 2.23. The maximum absolute atomic E-state index is 12.5. The largest absolute Gasteiger partial charge is 0.484 e. The molecule has 1 aromatic carbocycles. The molecular weight excluding hydrogens is 451 g/mol.